The number of carbonyl (C=O) groups is 1. The van der Waals surface area contributed by atoms with Crippen molar-refractivity contribution in [3.05, 3.63) is 47.0 Å². The molecule has 0 atom stereocenters. The van der Waals surface area contributed by atoms with Crippen LogP contribution >= 0.6 is 0 Å². The molecule has 80 valence electrons. The molecule has 0 bridgehead atoms. The smallest absolute Gasteiger partial charge is 0.254 e. The number of hydrogen-bond acceptors (Lipinski definition) is 2. The van der Waals surface area contributed by atoms with Crippen molar-refractivity contribution < 1.29 is 4.79 Å². The van der Waals surface area contributed by atoms with E-state index in [1.807, 2.05) is 31.2 Å². The highest BCUT2D eigenvalue weighted by Crippen LogP contribution is 2.25. The van der Waals surface area contributed by atoms with Gasteiger partial charge in [0, 0.05) is 17.7 Å². The molecule has 0 aromatic heterocycles. The summed E-state index contributed by atoms with van der Waals surface area (Å²) >= 11 is 0. The van der Waals surface area contributed by atoms with Crippen LogP contribution in [0.3, 0.4) is 0 Å². The molecule has 0 spiro atoms. The van der Waals surface area contributed by atoms with Crippen molar-refractivity contribution in [1.82, 2.24) is 4.90 Å². The molecule has 0 saturated heterocycles. The Hall–Kier alpha value is -2.08. The molecule has 0 unspecified atom stereocenters. The fourth-order valence-electron chi connectivity index (χ4n) is 1.94. The molecule has 3 heteroatoms. The first-order chi connectivity index (χ1) is 7.63. The zero-order valence-corrected chi connectivity index (χ0v) is 9.16. The van der Waals surface area contributed by atoms with Gasteiger partial charge in [0.25, 0.3) is 5.91 Å². The SMILES string of the molecule is C=C(C#N)CN1Cc2c(C)cccc2C1=O. The Bertz CT molecular complexity index is 511. The number of nitrogens with zero attached hydrogens (tertiary/aromatic N) is 2. The van der Waals surface area contributed by atoms with Crippen LogP contribution in [0.4, 0.5) is 0 Å². The molecule has 1 aromatic rings. The first-order valence-electron chi connectivity index (χ1n) is 5.09. The molecule has 0 saturated carbocycles. The van der Waals surface area contributed by atoms with Gasteiger partial charge < -0.3 is 4.90 Å². The van der Waals surface area contributed by atoms with Crippen molar-refractivity contribution in [3.63, 3.8) is 0 Å². The van der Waals surface area contributed by atoms with Gasteiger partial charge >= 0.3 is 0 Å². The van der Waals surface area contributed by atoms with Crippen LogP contribution in [0, 0.1) is 18.3 Å². The van der Waals surface area contributed by atoms with Crippen LogP contribution in [0.15, 0.2) is 30.4 Å². The lowest BCUT2D eigenvalue weighted by Crippen LogP contribution is -2.25. The third-order valence-electron chi connectivity index (χ3n) is 2.82. The van der Waals surface area contributed by atoms with Crippen LogP contribution in [0.25, 0.3) is 0 Å². The Labute approximate surface area is 94.6 Å². The molecule has 1 aliphatic rings. The van der Waals surface area contributed by atoms with Crippen molar-refractivity contribution in [2.75, 3.05) is 6.54 Å². The fraction of sp³-hybridized carbons (Fsp3) is 0.231. The van der Waals surface area contributed by atoms with Gasteiger partial charge in [-0.15, -0.1) is 0 Å². The lowest BCUT2D eigenvalue weighted by molar-refractivity contribution is 0.0794. The minimum absolute atomic E-state index is 0.00454. The van der Waals surface area contributed by atoms with Crippen LogP contribution in [-0.4, -0.2) is 17.4 Å². The van der Waals surface area contributed by atoms with E-state index in [1.165, 1.54) is 0 Å². The van der Waals surface area contributed by atoms with Crippen LogP contribution < -0.4 is 0 Å². The van der Waals surface area contributed by atoms with Crippen molar-refractivity contribution in [1.29, 1.82) is 5.26 Å². The summed E-state index contributed by atoms with van der Waals surface area (Å²) in [5, 5.41) is 8.67. The summed E-state index contributed by atoms with van der Waals surface area (Å²) in [6.45, 7) is 6.50. The van der Waals surface area contributed by atoms with Crippen molar-refractivity contribution in [2.24, 2.45) is 0 Å². The van der Waals surface area contributed by atoms with E-state index in [0.29, 0.717) is 18.7 Å². The maximum Gasteiger partial charge on any atom is 0.254 e. The summed E-state index contributed by atoms with van der Waals surface area (Å²) in [7, 11) is 0. The highest BCUT2D eigenvalue weighted by molar-refractivity contribution is 5.98. The highest BCUT2D eigenvalue weighted by atomic mass is 16.2. The third kappa shape index (κ3) is 1.59. The predicted molar refractivity (Wildman–Crippen MR) is 60.7 cm³/mol. The molecule has 1 aliphatic heterocycles. The minimum Gasteiger partial charge on any atom is -0.329 e. The number of amides is 1. The Morgan fingerprint density at radius 2 is 2.38 bits per heavy atom. The summed E-state index contributed by atoms with van der Waals surface area (Å²) in [5.41, 5.74) is 3.36. The summed E-state index contributed by atoms with van der Waals surface area (Å²) in [4.78, 5) is 13.6. The van der Waals surface area contributed by atoms with Crippen LogP contribution in [0.1, 0.15) is 21.5 Å². The van der Waals surface area contributed by atoms with Crippen LogP contribution in [-0.2, 0) is 6.54 Å². The number of benzene rings is 1. The van der Waals surface area contributed by atoms with Gasteiger partial charge in [0.2, 0.25) is 0 Å². The minimum atomic E-state index is -0.00454. The molecular formula is C13H12N2O. The van der Waals surface area contributed by atoms with Crippen LogP contribution in [0.5, 0.6) is 0 Å². The van der Waals surface area contributed by atoms with E-state index in [4.69, 9.17) is 5.26 Å². The van der Waals surface area contributed by atoms with Crippen molar-refractivity contribution >= 4 is 5.91 Å². The molecular weight excluding hydrogens is 200 g/mol. The molecule has 0 N–H and O–H groups in total. The lowest BCUT2D eigenvalue weighted by Gasteiger charge is -2.13. The second-order valence-electron chi connectivity index (χ2n) is 3.98. The summed E-state index contributed by atoms with van der Waals surface area (Å²) in [6, 6.07) is 7.68. The van der Waals surface area contributed by atoms with E-state index in [2.05, 4.69) is 6.58 Å². The number of carbonyl (C=O) groups excluding carboxylic acids is 1. The maximum absolute atomic E-state index is 12.0. The van der Waals surface area contributed by atoms with Gasteiger partial charge in [-0.2, -0.15) is 5.26 Å². The Morgan fingerprint density at radius 3 is 3.00 bits per heavy atom. The molecule has 0 aliphatic carbocycles. The van der Waals surface area contributed by atoms with E-state index in [-0.39, 0.29) is 5.91 Å². The van der Waals surface area contributed by atoms with Crippen molar-refractivity contribution in [2.45, 2.75) is 13.5 Å². The largest absolute Gasteiger partial charge is 0.329 e. The normalized spacial score (nSPS) is 13.5. The average molecular weight is 212 g/mol. The monoisotopic (exact) mass is 212 g/mol. The number of fused-ring (bicyclic) bond motifs is 1. The van der Waals surface area contributed by atoms with Gasteiger partial charge in [-0.1, -0.05) is 18.7 Å². The standard InChI is InChI=1S/C13H12N2O/c1-9(6-14)7-15-8-12-10(2)4-3-5-11(12)13(15)16/h3-5H,1,7-8H2,2H3. The Balaban J connectivity index is 2.28. The quantitative estimate of drug-likeness (QED) is 0.704. The zero-order valence-electron chi connectivity index (χ0n) is 9.16. The number of hydrogen-bond donors (Lipinski definition) is 0. The van der Waals surface area contributed by atoms with E-state index in [0.717, 1.165) is 16.7 Å². The summed E-state index contributed by atoms with van der Waals surface area (Å²) < 4.78 is 0. The second kappa shape index (κ2) is 3.82. The predicted octanol–water partition coefficient (Wildman–Crippen LogP) is 2.03. The Morgan fingerprint density at radius 1 is 1.62 bits per heavy atom. The number of rotatable bonds is 2. The van der Waals surface area contributed by atoms with Crippen molar-refractivity contribution in [3.8, 4) is 6.07 Å². The third-order valence-corrected chi connectivity index (χ3v) is 2.82. The topological polar surface area (TPSA) is 44.1 Å². The second-order valence-corrected chi connectivity index (χ2v) is 3.98. The van der Waals surface area contributed by atoms with Gasteiger partial charge in [0.1, 0.15) is 0 Å². The molecule has 1 aromatic carbocycles. The van der Waals surface area contributed by atoms with E-state index < -0.39 is 0 Å². The zero-order chi connectivity index (χ0) is 11.7. The maximum atomic E-state index is 12.0. The molecule has 0 fully saturated rings. The number of nitriles is 1. The first kappa shape index (κ1) is 10.4. The first-order valence-corrected chi connectivity index (χ1v) is 5.09. The molecule has 1 heterocycles. The molecule has 16 heavy (non-hydrogen) atoms. The van der Waals surface area contributed by atoms with E-state index in [1.54, 1.807) is 4.90 Å². The summed E-state index contributed by atoms with van der Waals surface area (Å²) in [6.07, 6.45) is 0. The van der Waals surface area contributed by atoms with Gasteiger partial charge in [0.15, 0.2) is 0 Å². The fourth-order valence-corrected chi connectivity index (χ4v) is 1.94. The van der Waals surface area contributed by atoms with Crippen LogP contribution in [0.2, 0.25) is 0 Å². The van der Waals surface area contributed by atoms with Gasteiger partial charge in [0.05, 0.1) is 12.6 Å². The highest BCUT2D eigenvalue weighted by Gasteiger charge is 2.28. The molecule has 2 rings (SSSR count). The lowest BCUT2D eigenvalue weighted by atomic mass is 10.1. The Kier molecular flexibility index (Phi) is 2.49. The van der Waals surface area contributed by atoms with Gasteiger partial charge in [-0.25, -0.2) is 0 Å². The van der Waals surface area contributed by atoms with Gasteiger partial charge in [-0.3, -0.25) is 4.79 Å². The molecule has 0 radical (unpaired) electrons. The van der Waals surface area contributed by atoms with Gasteiger partial charge in [-0.05, 0) is 24.1 Å². The van der Waals surface area contributed by atoms with E-state index in [9.17, 15) is 4.79 Å². The summed E-state index contributed by atoms with van der Waals surface area (Å²) in [5.74, 6) is -0.00454. The molecule has 3 nitrogen and oxygen atoms in total. The van der Waals surface area contributed by atoms with E-state index >= 15 is 0 Å². The average Bonchev–Trinajstić information content (AvgIpc) is 2.58. The molecule has 1 amide bonds. The number of aryl methyl sites for hydroxylation is 1.